The summed E-state index contributed by atoms with van der Waals surface area (Å²) in [5.74, 6) is 0.00234. The number of hydrogen-bond donors (Lipinski definition) is 2. The van der Waals surface area contributed by atoms with Crippen LogP contribution in [0.5, 0.6) is 5.75 Å². The van der Waals surface area contributed by atoms with Crippen molar-refractivity contribution in [3.63, 3.8) is 0 Å². The molecule has 1 aliphatic rings. The monoisotopic (exact) mass is 302 g/mol. The number of phenols is 1. The van der Waals surface area contributed by atoms with Crippen LogP contribution >= 0.6 is 15.9 Å². The summed E-state index contributed by atoms with van der Waals surface area (Å²) in [7, 11) is 1.93. The number of halogens is 2. The fourth-order valence-corrected chi connectivity index (χ4v) is 2.83. The van der Waals surface area contributed by atoms with E-state index in [0.717, 1.165) is 13.0 Å². The molecule has 1 saturated heterocycles. The van der Waals surface area contributed by atoms with Gasteiger partial charge in [-0.25, -0.2) is 4.39 Å². The first-order valence-corrected chi connectivity index (χ1v) is 6.41. The van der Waals surface area contributed by atoms with Crippen molar-refractivity contribution >= 4 is 15.9 Å². The molecule has 1 aromatic rings. The lowest BCUT2D eigenvalue weighted by atomic mass is 9.98. The second-order valence-corrected chi connectivity index (χ2v) is 5.44. The first-order chi connectivity index (χ1) is 8.04. The number of hydrogen-bond acceptors (Lipinski definition) is 3. The number of nitrogens with zero attached hydrogens (tertiary/aromatic N) is 1. The number of aromatic hydroxyl groups is 1. The Labute approximate surface area is 109 Å². The molecule has 94 valence electrons. The zero-order valence-corrected chi connectivity index (χ0v) is 11.2. The lowest BCUT2D eigenvalue weighted by molar-refractivity contribution is 0.297. The Morgan fingerprint density at radius 1 is 1.59 bits per heavy atom. The maximum atomic E-state index is 13.8. The summed E-state index contributed by atoms with van der Waals surface area (Å²) in [6.45, 7) is 1.43. The molecule has 0 saturated carbocycles. The molecule has 3 N–H and O–H groups in total. The minimum Gasteiger partial charge on any atom is -0.506 e. The Bertz CT molecular complexity index is 427. The molecule has 2 unspecified atom stereocenters. The molecule has 3 nitrogen and oxygen atoms in total. The van der Waals surface area contributed by atoms with Crippen molar-refractivity contribution in [3.8, 4) is 5.75 Å². The zero-order valence-electron chi connectivity index (χ0n) is 9.66. The van der Waals surface area contributed by atoms with Crippen LogP contribution < -0.4 is 5.73 Å². The molecule has 0 bridgehead atoms. The van der Waals surface area contributed by atoms with E-state index in [-0.39, 0.29) is 17.6 Å². The van der Waals surface area contributed by atoms with E-state index in [0.29, 0.717) is 22.5 Å². The maximum absolute atomic E-state index is 13.8. The summed E-state index contributed by atoms with van der Waals surface area (Å²) >= 11 is 3.22. The van der Waals surface area contributed by atoms with Gasteiger partial charge in [0.25, 0.3) is 0 Å². The normalized spacial score (nSPS) is 25.4. The van der Waals surface area contributed by atoms with E-state index in [1.807, 2.05) is 11.9 Å². The van der Waals surface area contributed by atoms with E-state index in [2.05, 4.69) is 15.9 Å². The molecule has 1 heterocycles. The van der Waals surface area contributed by atoms with E-state index < -0.39 is 0 Å². The van der Waals surface area contributed by atoms with Crippen LogP contribution in [0, 0.1) is 11.7 Å². The fraction of sp³-hybridized carbons (Fsp3) is 0.500. The molecule has 2 rings (SSSR count). The van der Waals surface area contributed by atoms with Gasteiger partial charge in [0.1, 0.15) is 11.6 Å². The Hall–Kier alpha value is -0.650. The number of rotatable bonds is 2. The van der Waals surface area contributed by atoms with Crippen LogP contribution in [0.15, 0.2) is 16.6 Å². The average Bonchev–Trinajstić information content (AvgIpc) is 2.66. The van der Waals surface area contributed by atoms with Crippen LogP contribution in [0.25, 0.3) is 0 Å². The van der Waals surface area contributed by atoms with Crippen molar-refractivity contribution in [2.45, 2.75) is 12.5 Å². The highest BCUT2D eigenvalue weighted by atomic mass is 79.9. The number of nitrogens with two attached hydrogens (primary N) is 1. The molecule has 0 radical (unpaired) electrons. The van der Waals surface area contributed by atoms with Crippen LogP contribution in [0.2, 0.25) is 0 Å². The molecule has 0 amide bonds. The molecule has 1 aliphatic heterocycles. The summed E-state index contributed by atoms with van der Waals surface area (Å²) < 4.78 is 14.4. The predicted molar refractivity (Wildman–Crippen MR) is 68.3 cm³/mol. The van der Waals surface area contributed by atoms with Gasteiger partial charge in [-0.15, -0.1) is 0 Å². The number of likely N-dealkylation sites (tertiary alicyclic amines) is 1. The van der Waals surface area contributed by atoms with Gasteiger partial charge in [0.05, 0.1) is 4.47 Å². The first kappa shape index (κ1) is 12.8. The molecule has 0 aromatic heterocycles. The molecule has 5 heteroatoms. The van der Waals surface area contributed by atoms with Gasteiger partial charge >= 0.3 is 0 Å². The second kappa shape index (κ2) is 4.92. The lowest BCUT2D eigenvalue weighted by Gasteiger charge is -2.21. The van der Waals surface area contributed by atoms with Gasteiger partial charge in [0.15, 0.2) is 0 Å². The Kier molecular flexibility index (Phi) is 3.70. The van der Waals surface area contributed by atoms with Crippen molar-refractivity contribution in [1.82, 2.24) is 4.90 Å². The highest BCUT2D eigenvalue weighted by Crippen LogP contribution is 2.41. The van der Waals surface area contributed by atoms with E-state index in [4.69, 9.17) is 5.73 Å². The van der Waals surface area contributed by atoms with Crippen molar-refractivity contribution < 1.29 is 9.50 Å². The second-order valence-electron chi connectivity index (χ2n) is 4.58. The molecule has 2 atom stereocenters. The third kappa shape index (κ3) is 2.32. The first-order valence-electron chi connectivity index (χ1n) is 5.61. The Morgan fingerprint density at radius 2 is 2.29 bits per heavy atom. The summed E-state index contributed by atoms with van der Waals surface area (Å²) in [5, 5.41) is 9.97. The molecule has 1 fully saturated rings. The minimum atomic E-state index is -0.361. The zero-order chi connectivity index (χ0) is 12.6. The Balaban J connectivity index is 2.37. The quantitative estimate of drug-likeness (QED) is 0.881. The van der Waals surface area contributed by atoms with Gasteiger partial charge in [-0.3, -0.25) is 4.90 Å². The predicted octanol–water partition coefficient (Wildman–Crippen LogP) is 2.25. The minimum absolute atomic E-state index is 0.000443. The maximum Gasteiger partial charge on any atom is 0.137 e. The molecule has 1 aromatic carbocycles. The standard InChI is InChI=1S/C12H16BrFN2O/c1-16-6-7(5-15)4-10(16)11-9(14)3-2-8(13)12(11)17/h2-3,7,10,17H,4-6,15H2,1H3. The third-order valence-corrected chi connectivity index (χ3v) is 4.06. The van der Waals surface area contributed by atoms with Crippen molar-refractivity contribution in [1.29, 1.82) is 0 Å². The van der Waals surface area contributed by atoms with Crippen LogP contribution in [0.1, 0.15) is 18.0 Å². The molecular weight excluding hydrogens is 287 g/mol. The van der Waals surface area contributed by atoms with Gasteiger partial charge in [0, 0.05) is 18.2 Å². The smallest absolute Gasteiger partial charge is 0.137 e. The van der Waals surface area contributed by atoms with Gasteiger partial charge in [-0.2, -0.15) is 0 Å². The molecular formula is C12H16BrFN2O. The average molecular weight is 303 g/mol. The van der Waals surface area contributed by atoms with Gasteiger partial charge in [-0.05, 0) is 54.0 Å². The summed E-state index contributed by atoms with van der Waals surface area (Å²) in [5.41, 5.74) is 6.02. The van der Waals surface area contributed by atoms with E-state index in [1.165, 1.54) is 12.1 Å². The summed E-state index contributed by atoms with van der Waals surface area (Å²) in [4.78, 5) is 2.04. The van der Waals surface area contributed by atoms with Crippen molar-refractivity contribution in [2.24, 2.45) is 11.7 Å². The van der Waals surface area contributed by atoms with Crippen molar-refractivity contribution in [2.75, 3.05) is 20.1 Å². The van der Waals surface area contributed by atoms with Crippen LogP contribution in [0.3, 0.4) is 0 Å². The topological polar surface area (TPSA) is 49.5 Å². The van der Waals surface area contributed by atoms with Gasteiger partial charge in [-0.1, -0.05) is 0 Å². The highest BCUT2D eigenvalue weighted by Gasteiger charge is 2.33. The van der Waals surface area contributed by atoms with Crippen molar-refractivity contribution in [3.05, 3.63) is 28.0 Å². The molecule has 0 spiro atoms. The van der Waals surface area contributed by atoms with E-state index >= 15 is 0 Å². The van der Waals surface area contributed by atoms with Gasteiger partial charge < -0.3 is 10.8 Å². The molecule has 17 heavy (non-hydrogen) atoms. The fourth-order valence-electron chi connectivity index (χ4n) is 2.49. The number of benzene rings is 1. The van der Waals surface area contributed by atoms with E-state index in [1.54, 1.807) is 0 Å². The summed E-state index contributed by atoms with van der Waals surface area (Å²) in [6.07, 6.45) is 0.786. The third-order valence-electron chi connectivity index (χ3n) is 3.42. The largest absolute Gasteiger partial charge is 0.506 e. The highest BCUT2D eigenvalue weighted by molar-refractivity contribution is 9.10. The van der Waals surface area contributed by atoms with Crippen LogP contribution in [0.4, 0.5) is 4.39 Å². The van der Waals surface area contributed by atoms with Crippen LogP contribution in [-0.2, 0) is 0 Å². The Morgan fingerprint density at radius 3 is 2.88 bits per heavy atom. The number of phenolic OH excluding ortho intramolecular Hbond substituents is 1. The van der Waals surface area contributed by atoms with E-state index in [9.17, 15) is 9.50 Å². The SMILES string of the molecule is CN1CC(CN)CC1c1c(F)ccc(Br)c1O. The van der Waals surface area contributed by atoms with Crippen LogP contribution in [-0.4, -0.2) is 30.1 Å². The molecule has 0 aliphatic carbocycles. The summed E-state index contributed by atoms with van der Waals surface area (Å²) in [6, 6.07) is 2.80. The lowest BCUT2D eigenvalue weighted by Crippen LogP contribution is -2.21. The van der Waals surface area contributed by atoms with Gasteiger partial charge in [0.2, 0.25) is 0 Å².